The molecule has 0 N–H and O–H groups in total. The lowest BCUT2D eigenvalue weighted by Gasteiger charge is -2.17. The van der Waals surface area contributed by atoms with Gasteiger partial charge in [0.25, 0.3) is 0 Å². The van der Waals surface area contributed by atoms with E-state index in [1.807, 2.05) is 29.6 Å². The summed E-state index contributed by atoms with van der Waals surface area (Å²) in [5.41, 5.74) is 1.00. The normalized spacial score (nSPS) is 14.3. The minimum atomic E-state index is -0.111. The van der Waals surface area contributed by atoms with Crippen molar-refractivity contribution in [3.05, 3.63) is 46.4 Å². The van der Waals surface area contributed by atoms with E-state index in [0.717, 1.165) is 16.3 Å². The number of pyridine rings is 1. The number of methoxy groups -OCH3 is 1. The first-order valence-electron chi connectivity index (χ1n) is 5.40. The summed E-state index contributed by atoms with van der Waals surface area (Å²) in [5.74, 6) is 1.02. The highest BCUT2D eigenvalue weighted by Crippen LogP contribution is 2.42. The number of halogens is 1. The van der Waals surface area contributed by atoms with E-state index in [1.165, 1.54) is 0 Å². The van der Waals surface area contributed by atoms with Gasteiger partial charge in [-0.05, 0) is 23.6 Å². The van der Waals surface area contributed by atoms with Gasteiger partial charge in [0.1, 0.15) is 5.75 Å². The van der Waals surface area contributed by atoms with Crippen LogP contribution >= 0.6 is 22.9 Å². The van der Waals surface area contributed by atoms with Gasteiger partial charge >= 0.3 is 0 Å². The van der Waals surface area contributed by atoms with Gasteiger partial charge in [0.15, 0.2) is 0 Å². The van der Waals surface area contributed by atoms with E-state index in [0.29, 0.717) is 0 Å². The molecule has 2 heterocycles. The number of thiophene rings is 1. The number of alkyl halides is 1. The lowest BCUT2D eigenvalue weighted by molar-refractivity contribution is 0.410. The molecule has 2 aromatic rings. The van der Waals surface area contributed by atoms with Crippen molar-refractivity contribution in [3.8, 4) is 5.75 Å². The molecule has 0 amide bonds. The fourth-order valence-corrected chi connectivity index (χ4v) is 3.03. The molecule has 0 saturated carbocycles. The van der Waals surface area contributed by atoms with Crippen molar-refractivity contribution in [2.75, 3.05) is 7.11 Å². The van der Waals surface area contributed by atoms with Crippen LogP contribution in [0.15, 0.2) is 35.8 Å². The highest BCUT2D eigenvalue weighted by atomic mass is 35.5. The topological polar surface area (TPSA) is 22.1 Å². The van der Waals surface area contributed by atoms with Crippen molar-refractivity contribution >= 4 is 22.9 Å². The average Bonchev–Trinajstić information content (AvgIpc) is 2.86. The Morgan fingerprint density at radius 3 is 2.82 bits per heavy atom. The first-order valence-corrected chi connectivity index (χ1v) is 6.72. The molecule has 0 aliphatic heterocycles. The zero-order chi connectivity index (χ0) is 12.3. The summed E-state index contributed by atoms with van der Waals surface area (Å²) in [5, 5.41) is 1.88. The summed E-state index contributed by atoms with van der Waals surface area (Å²) in [4.78, 5) is 5.41. The van der Waals surface area contributed by atoms with Gasteiger partial charge in [-0.25, -0.2) is 0 Å². The third-order valence-corrected chi connectivity index (χ3v) is 4.43. The number of nitrogens with zero attached hydrogens (tertiary/aromatic N) is 1. The molecule has 0 fully saturated rings. The van der Waals surface area contributed by atoms with Gasteiger partial charge in [0.05, 0.1) is 17.4 Å². The van der Waals surface area contributed by atoms with Crippen molar-refractivity contribution < 1.29 is 4.74 Å². The molecular formula is C13H14ClNOS. The third-order valence-electron chi connectivity index (χ3n) is 2.72. The van der Waals surface area contributed by atoms with Crippen molar-refractivity contribution in [3.63, 3.8) is 0 Å². The molecule has 2 aromatic heterocycles. The summed E-state index contributed by atoms with van der Waals surface area (Å²) in [7, 11) is 1.67. The Bertz CT molecular complexity index is 471. The van der Waals surface area contributed by atoms with Crippen molar-refractivity contribution in [1.29, 1.82) is 0 Å². The maximum Gasteiger partial charge on any atom is 0.134 e. The van der Waals surface area contributed by atoms with Crippen LogP contribution < -0.4 is 4.74 Å². The van der Waals surface area contributed by atoms with Gasteiger partial charge < -0.3 is 4.74 Å². The van der Waals surface area contributed by atoms with Crippen LogP contribution in [0, 0.1) is 0 Å². The number of hydrogen-bond donors (Lipinski definition) is 0. The van der Waals surface area contributed by atoms with Gasteiger partial charge in [0.2, 0.25) is 0 Å². The third kappa shape index (κ3) is 2.61. The minimum absolute atomic E-state index is 0.111. The Kier molecular flexibility index (Phi) is 4.02. The summed E-state index contributed by atoms with van der Waals surface area (Å²) in [6.07, 6.45) is 1.79. The van der Waals surface area contributed by atoms with Crippen LogP contribution in [0.2, 0.25) is 0 Å². The van der Waals surface area contributed by atoms with E-state index < -0.39 is 0 Å². The zero-order valence-corrected chi connectivity index (χ0v) is 11.3. The van der Waals surface area contributed by atoms with Gasteiger partial charge in [-0.15, -0.1) is 22.9 Å². The predicted octanol–water partition coefficient (Wildman–Crippen LogP) is 4.24. The van der Waals surface area contributed by atoms with Crippen LogP contribution in [0.5, 0.6) is 5.75 Å². The molecule has 2 nitrogen and oxygen atoms in total. The monoisotopic (exact) mass is 267 g/mol. The molecule has 2 unspecified atom stereocenters. The van der Waals surface area contributed by atoms with E-state index in [4.69, 9.17) is 16.3 Å². The second kappa shape index (κ2) is 5.52. The maximum atomic E-state index is 6.51. The van der Waals surface area contributed by atoms with Gasteiger partial charge in [-0.3, -0.25) is 4.98 Å². The van der Waals surface area contributed by atoms with E-state index in [2.05, 4.69) is 11.9 Å². The van der Waals surface area contributed by atoms with Crippen molar-refractivity contribution in [2.24, 2.45) is 0 Å². The Labute approximate surface area is 110 Å². The standard InChI is InChI=1S/C13H14ClNOS/c1-9(10-5-3-4-7-15-10)12(14)13-11(16-2)6-8-17-13/h3-9,12H,1-2H3. The Morgan fingerprint density at radius 1 is 1.35 bits per heavy atom. The fourth-order valence-electron chi connectivity index (χ4n) is 1.70. The molecule has 17 heavy (non-hydrogen) atoms. The number of aromatic nitrogens is 1. The first-order chi connectivity index (χ1) is 8.24. The van der Waals surface area contributed by atoms with Crippen LogP contribution in [0.1, 0.15) is 28.8 Å². The second-order valence-electron chi connectivity index (χ2n) is 3.80. The molecule has 0 bridgehead atoms. The quantitative estimate of drug-likeness (QED) is 0.773. The maximum absolute atomic E-state index is 6.51. The van der Waals surface area contributed by atoms with Crippen molar-refractivity contribution in [1.82, 2.24) is 4.98 Å². The number of ether oxygens (including phenoxy) is 1. The largest absolute Gasteiger partial charge is 0.496 e. The second-order valence-corrected chi connectivity index (χ2v) is 5.22. The number of rotatable bonds is 4. The molecule has 90 valence electrons. The smallest absolute Gasteiger partial charge is 0.134 e. The number of hydrogen-bond acceptors (Lipinski definition) is 3. The molecule has 0 spiro atoms. The van der Waals surface area contributed by atoms with E-state index >= 15 is 0 Å². The molecule has 4 heteroatoms. The first kappa shape index (κ1) is 12.4. The lowest BCUT2D eigenvalue weighted by atomic mass is 10.0. The SMILES string of the molecule is COc1ccsc1C(Cl)C(C)c1ccccn1. The fraction of sp³-hybridized carbons (Fsp3) is 0.308. The molecule has 2 atom stereocenters. The highest BCUT2D eigenvalue weighted by Gasteiger charge is 2.23. The lowest BCUT2D eigenvalue weighted by Crippen LogP contribution is -2.04. The van der Waals surface area contributed by atoms with Gasteiger partial charge in [0, 0.05) is 17.8 Å². The van der Waals surface area contributed by atoms with Crippen LogP contribution in [0.25, 0.3) is 0 Å². The summed E-state index contributed by atoms with van der Waals surface area (Å²) in [6.45, 7) is 2.08. The molecule has 0 aromatic carbocycles. The minimum Gasteiger partial charge on any atom is -0.496 e. The molecule has 0 radical (unpaired) electrons. The molecule has 0 aliphatic rings. The van der Waals surface area contributed by atoms with Crippen LogP contribution in [0.4, 0.5) is 0 Å². The van der Waals surface area contributed by atoms with Crippen LogP contribution in [0.3, 0.4) is 0 Å². The van der Waals surface area contributed by atoms with E-state index in [-0.39, 0.29) is 11.3 Å². The highest BCUT2D eigenvalue weighted by molar-refractivity contribution is 7.10. The Morgan fingerprint density at radius 2 is 2.18 bits per heavy atom. The zero-order valence-electron chi connectivity index (χ0n) is 9.76. The van der Waals surface area contributed by atoms with Gasteiger partial charge in [-0.1, -0.05) is 13.0 Å². The molecule has 2 rings (SSSR count). The van der Waals surface area contributed by atoms with E-state index in [9.17, 15) is 0 Å². The van der Waals surface area contributed by atoms with Crippen LogP contribution in [-0.2, 0) is 0 Å². The average molecular weight is 268 g/mol. The van der Waals surface area contributed by atoms with Crippen molar-refractivity contribution in [2.45, 2.75) is 18.2 Å². The summed E-state index contributed by atoms with van der Waals surface area (Å²) < 4.78 is 5.30. The van der Waals surface area contributed by atoms with Crippen LogP contribution in [-0.4, -0.2) is 12.1 Å². The Balaban J connectivity index is 2.23. The van der Waals surface area contributed by atoms with E-state index in [1.54, 1.807) is 24.6 Å². The molecule has 0 saturated heterocycles. The molecule has 0 aliphatic carbocycles. The predicted molar refractivity (Wildman–Crippen MR) is 72.1 cm³/mol. The summed E-state index contributed by atoms with van der Waals surface area (Å²) in [6, 6.07) is 7.83. The Hall–Kier alpha value is -1.06. The molecular weight excluding hydrogens is 254 g/mol. The van der Waals surface area contributed by atoms with Gasteiger partial charge in [-0.2, -0.15) is 0 Å². The summed E-state index contributed by atoms with van der Waals surface area (Å²) >= 11 is 8.13.